The molecule has 0 aromatic heterocycles. The molecule has 30 heavy (non-hydrogen) atoms. The second-order valence-corrected chi connectivity index (χ2v) is 7.29. The van der Waals surface area contributed by atoms with Crippen molar-refractivity contribution in [2.45, 2.75) is 12.8 Å². The second kappa shape index (κ2) is 9.41. The van der Waals surface area contributed by atoms with E-state index in [0.29, 0.717) is 0 Å². The Morgan fingerprint density at radius 3 is 2.47 bits per heavy atom. The molecule has 1 aliphatic heterocycles. The molecule has 154 valence electrons. The minimum atomic E-state index is -1.19. The highest BCUT2D eigenvalue weighted by Crippen LogP contribution is 2.35. The highest BCUT2D eigenvalue weighted by molar-refractivity contribution is 5.86. The number of nitrogens with one attached hydrogen (secondary N) is 1. The molecule has 2 aliphatic rings. The fourth-order valence-corrected chi connectivity index (χ4v) is 3.79. The van der Waals surface area contributed by atoms with Crippen LogP contribution in [0, 0.1) is 0 Å². The van der Waals surface area contributed by atoms with E-state index in [4.69, 9.17) is 4.74 Å². The number of aromatic carboxylic acids is 1. The number of benzene rings is 2. The summed E-state index contributed by atoms with van der Waals surface area (Å²) >= 11 is 0. The SMILES string of the molecule is O=C([O-])c1ccc(N/N=C\C2=C(N3CCOCC3)C(=C\c3ccccc3)/CC2)cc1. The molecule has 0 bridgehead atoms. The van der Waals surface area contributed by atoms with Crippen LogP contribution >= 0.6 is 0 Å². The van der Waals surface area contributed by atoms with Gasteiger partial charge in [0, 0.05) is 18.8 Å². The molecular formula is C24H24N3O3-. The molecule has 1 heterocycles. The maximum atomic E-state index is 10.9. The van der Waals surface area contributed by atoms with Crippen LogP contribution in [-0.4, -0.2) is 43.4 Å². The molecule has 0 spiro atoms. The number of hydrogen-bond donors (Lipinski definition) is 1. The Labute approximate surface area is 176 Å². The van der Waals surface area contributed by atoms with Crippen LogP contribution in [0.1, 0.15) is 28.8 Å². The Bertz CT molecular complexity index is 973. The molecular weight excluding hydrogens is 378 g/mol. The molecule has 0 amide bonds. The Morgan fingerprint density at radius 2 is 1.77 bits per heavy atom. The molecule has 1 aliphatic carbocycles. The van der Waals surface area contributed by atoms with E-state index >= 15 is 0 Å². The Hall–Kier alpha value is -3.38. The van der Waals surface area contributed by atoms with Crippen molar-refractivity contribution in [2.24, 2.45) is 5.10 Å². The molecule has 6 nitrogen and oxygen atoms in total. The van der Waals surface area contributed by atoms with Crippen LogP contribution in [0.2, 0.25) is 0 Å². The van der Waals surface area contributed by atoms with Gasteiger partial charge in [-0.25, -0.2) is 0 Å². The lowest BCUT2D eigenvalue weighted by atomic mass is 10.1. The second-order valence-electron chi connectivity index (χ2n) is 7.29. The lowest BCUT2D eigenvalue weighted by Crippen LogP contribution is -2.36. The van der Waals surface area contributed by atoms with E-state index in [1.54, 1.807) is 12.1 Å². The summed E-state index contributed by atoms with van der Waals surface area (Å²) in [7, 11) is 0. The molecule has 4 rings (SSSR count). The third kappa shape index (κ3) is 4.78. The Kier molecular flexibility index (Phi) is 6.25. The number of hydrazone groups is 1. The van der Waals surface area contributed by atoms with Crippen molar-refractivity contribution in [1.82, 2.24) is 4.90 Å². The molecule has 6 heteroatoms. The predicted octanol–water partition coefficient (Wildman–Crippen LogP) is 2.91. The number of carbonyl (C=O) groups is 1. The number of rotatable bonds is 6. The molecule has 1 N–H and O–H groups in total. The van der Waals surface area contributed by atoms with Crippen LogP contribution in [0.3, 0.4) is 0 Å². The highest BCUT2D eigenvalue weighted by atomic mass is 16.5. The minimum Gasteiger partial charge on any atom is -0.545 e. The standard InChI is InChI=1S/C24H25N3O3/c28-24(29)19-8-10-22(11-9-19)26-25-17-21-7-6-20(16-18-4-2-1-3-5-18)23(21)27-12-14-30-15-13-27/h1-5,8-11,16-17,26H,6-7,12-15H2,(H,28,29)/p-1/b20-16-,25-17-. The first kappa shape index (κ1) is 19.9. The number of ether oxygens (including phenoxy) is 1. The Morgan fingerprint density at radius 1 is 1.03 bits per heavy atom. The van der Waals surface area contributed by atoms with Gasteiger partial charge in [-0.15, -0.1) is 0 Å². The van der Waals surface area contributed by atoms with Crippen molar-refractivity contribution in [2.75, 3.05) is 31.7 Å². The van der Waals surface area contributed by atoms with Crippen LogP contribution in [0.25, 0.3) is 6.08 Å². The van der Waals surface area contributed by atoms with Gasteiger partial charge in [0.2, 0.25) is 0 Å². The fraction of sp³-hybridized carbons (Fsp3) is 0.250. The van der Waals surface area contributed by atoms with Gasteiger partial charge in [0.25, 0.3) is 0 Å². The van der Waals surface area contributed by atoms with E-state index in [1.165, 1.54) is 34.5 Å². The summed E-state index contributed by atoms with van der Waals surface area (Å²) in [6.07, 6.45) is 6.05. The number of nitrogens with zero attached hydrogens (tertiary/aromatic N) is 2. The van der Waals surface area contributed by atoms with Crippen molar-refractivity contribution in [1.29, 1.82) is 0 Å². The third-order valence-electron chi connectivity index (χ3n) is 5.27. The summed E-state index contributed by atoms with van der Waals surface area (Å²) in [6, 6.07) is 16.7. The van der Waals surface area contributed by atoms with Gasteiger partial charge < -0.3 is 19.5 Å². The van der Waals surface area contributed by atoms with E-state index in [1.807, 2.05) is 12.3 Å². The zero-order valence-electron chi connectivity index (χ0n) is 16.7. The van der Waals surface area contributed by atoms with Crippen molar-refractivity contribution in [3.8, 4) is 0 Å². The number of carbonyl (C=O) groups excluding carboxylic acids is 1. The van der Waals surface area contributed by atoms with E-state index in [2.05, 4.69) is 45.8 Å². The van der Waals surface area contributed by atoms with E-state index in [0.717, 1.165) is 44.8 Å². The zero-order chi connectivity index (χ0) is 20.8. The first-order chi connectivity index (χ1) is 14.7. The number of hydrogen-bond acceptors (Lipinski definition) is 6. The average molecular weight is 402 g/mol. The summed E-state index contributed by atoms with van der Waals surface area (Å²) in [5.41, 5.74) is 8.82. The molecule has 2 aromatic rings. The van der Waals surface area contributed by atoms with Crippen molar-refractivity contribution >= 4 is 23.9 Å². The first-order valence-electron chi connectivity index (χ1n) is 10.1. The molecule has 0 unspecified atom stereocenters. The zero-order valence-corrected chi connectivity index (χ0v) is 16.7. The number of allylic oxidation sites excluding steroid dienone is 2. The van der Waals surface area contributed by atoms with Gasteiger partial charge in [-0.1, -0.05) is 42.5 Å². The van der Waals surface area contributed by atoms with Crippen molar-refractivity contribution < 1.29 is 14.6 Å². The van der Waals surface area contributed by atoms with E-state index < -0.39 is 5.97 Å². The largest absolute Gasteiger partial charge is 0.545 e. The fourth-order valence-electron chi connectivity index (χ4n) is 3.79. The third-order valence-corrected chi connectivity index (χ3v) is 5.27. The van der Waals surface area contributed by atoms with Crippen LogP contribution in [-0.2, 0) is 4.74 Å². The quantitative estimate of drug-likeness (QED) is 0.594. The summed E-state index contributed by atoms with van der Waals surface area (Å²) in [5, 5.41) is 15.3. The van der Waals surface area contributed by atoms with Crippen LogP contribution in [0.4, 0.5) is 5.69 Å². The summed E-state index contributed by atoms with van der Waals surface area (Å²) in [6.45, 7) is 3.21. The lowest BCUT2D eigenvalue weighted by Gasteiger charge is -2.31. The first-order valence-corrected chi connectivity index (χ1v) is 10.1. The number of carboxylic acid groups (broad SMARTS) is 1. The predicted molar refractivity (Wildman–Crippen MR) is 116 cm³/mol. The van der Waals surface area contributed by atoms with Gasteiger partial charge in [-0.2, -0.15) is 5.10 Å². The Balaban J connectivity index is 1.56. The van der Waals surface area contributed by atoms with Gasteiger partial charge in [0.05, 0.1) is 31.1 Å². The topological polar surface area (TPSA) is 77.0 Å². The monoisotopic (exact) mass is 402 g/mol. The van der Waals surface area contributed by atoms with Gasteiger partial charge in [-0.3, -0.25) is 5.43 Å². The summed E-state index contributed by atoms with van der Waals surface area (Å²) in [4.78, 5) is 13.3. The maximum Gasteiger partial charge on any atom is 0.0715 e. The van der Waals surface area contributed by atoms with Gasteiger partial charge in [0.15, 0.2) is 0 Å². The van der Waals surface area contributed by atoms with Crippen molar-refractivity contribution in [3.05, 3.63) is 82.6 Å². The minimum absolute atomic E-state index is 0.147. The number of anilines is 1. The highest BCUT2D eigenvalue weighted by Gasteiger charge is 2.25. The van der Waals surface area contributed by atoms with Crippen LogP contribution in [0.15, 0.2) is 76.5 Å². The average Bonchev–Trinajstić information content (AvgIpc) is 3.17. The molecule has 0 radical (unpaired) electrons. The molecule has 0 atom stereocenters. The van der Waals surface area contributed by atoms with Crippen LogP contribution < -0.4 is 10.5 Å². The molecule has 1 fully saturated rings. The summed E-state index contributed by atoms with van der Waals surface area (Å²) < 4.78 is 5.54. The van der Waals surface area contributed by atoms with Crippen molar-refractivity contribution in [3.63, 3.8) is 0 Å². The van der Waals surface area contributed by atoms with Gasteiger partial charge in [0.1, 0.15) is 0 Å². The van der Waals surface area contributed by atoms with E-state index in [9.17, 15) is 9.90 Å². The number of morpholine rings is 1. The smallest absolute Gasteiger partial charge is 0.0715 e. The van der Waals surface area contributed by atoms with E-state index in [-0.39, 0.29) is 5.56 Å². The summed E-state index contributed by atoms with van der Waals surface area (Å²) in [5.74, 6) is -1.19. The molecule has 2 aromatic carbocycles. The van der Waals surface area contributed by atoms with Gasteiger partial charge in [-0.05, 0) is 53.3 Å². The maximum absolute atomic E-state index is 10.9. The normalized spacial score (nSPS) is 18.4. The lowest BCUT2D eigenvalue weighted by molar-refractivity contribution is -0.255. The molecule has 0 saturated carbocycles. The van der Waals surface area contributed by atoms with Crippen LogP contribution in [0.5, 0.6) is 0 Å². The molecule has 1 saturated heterocycles. The number of carboxylic acids is 1. The van der Waals surface area contributed by atoms with Gasteiger partial charge >= 0.3 is 0 Å².